The first kappa shape index (κ1) is 18.6. The Morgan fingerprint density at radius 3 is 2.52 bits per heavy atom. The number of benzene rings is 1. The minimum absolute atomic E-state index is 0.0234. The summed E-state index contributed by atoms with van der Waals surface area (Å²) in [4.78, 5) is 13.0. The van der Waals surface area contributed by atoms with E-state index in [-0.39, 0.29) is 11.3 Å². The monoisotopic (exact) mass is 374 g/mol. The summed E-state index contributed by atoms with van der Waals surface area (Å²) in [5.74, 6) is 1.66. The van der Waals surface area contributed by atoms with E-state index in [1.54, 1.807) is 7.11 Å². The number of fused-ring (bicyclic) bond motifs is 1. The molecule has 2 fully saturated rings. The van der Waals surface area contributed by atoms with Crippen molar-refractivity contribution in [3.05, 3.63) is 23.8 Å². The third kappa shape index (κ3) is 3.52. The second kappa shape index (κ2) is 7.68. The van der Waals surface area contributed by atoms with Crippen LogP contribution in [-0.4, -0.2) is 51.5 Å². The molecule has 0 spiro atoms. The van der Waals surface area contributed by atoms with Crippen LogP contribution in [0.3, 0.4) is 0 Å². The molecule has 1 saturated heterocycles. The lowest BCUT2D eigenvalue weighted by atomic mass is 9.78. The quantitative estimate of drug-likeness (QED) is 0.827. The van der Waals surface area contributed by atoms with Gasteiger partial charge in [0.15, 0.2) is 11.5 Å². The number of hydrogen-bond donors (Lipinski definition) is 2. The zero-order chi connectivity index (χ0) is 18.7. The van der Waals surface area contributed by atoms with E-state index in [1.807, 2.05) is 6.07 Å². The van der Waals surface area contributed by atoms with E-state index in [1.165, 1.54) is 18.4 Å². The van der Waals surface area contributed by atoms with Gasteiger partial charge in [-0.1, -0.05) is 18.9 Å². The summed E-state index contributed by atoms with van der Waals surface area (Å²) in [6.07, 6.45) is 5.95. The number of amides is 1. The SMILES string of the molecule is COC1(C(=O)NCC2(c3ccc4c(c3)OCCO4)CCCC2)CCNCC1. The summed E-state index contributed by atoms with van der Waals surface area (Å²) in [5, 5.41) is 6.54. The van der Waals surface area contributed by atoms with Gasteiger partial charge in [0.2, 0.25) is 0 Å². The summed E-state index contributed by atoms with van der Waals surface area (Å²) < 4.78 is 17.1. The van der Waals surface area contributed by atoms with Crippen molar-refractivity contribution < 1.29 is 19.0 Å². The van der Waals surface area contributed by atoms with Crippen LogP contribution in [0.2, 0.25) is 0 Å². The van der Waals surface area contributed by atoms with Gasteiger partial charge in [-0.05, 0) is 56.5 Å². The molecule has 0 aromatic heterocycles. The number of rotatable bonds is 5. The average molecular weight is 374 g/mol. The van der Waals surface area contributed by atoms with E-state index in [9.17, 15) is 4.79 Å². The van der Waals surface area contributed by atoms with Crippen molar-refractivity contribution in [2.24, 2.45) is 0 Å². The maximum absolute atomic E-state index is 13.0. The molecule has 1 aromatic carbocycles. The van der Waals surface area contributed by atoms with Gasteiger partial charge in [0.25, 0.3) is 5.91 Å². The van der Waals surface area contributed by atoms with Crippen molar-refractivity contribution in [1.29, 1.82) is 0 Å². The molecule has 1 amide bonds. The van der Waals surface area contributed by atoms with Crippen LogP contribution >= 0.6 is 0 Å². The molecule has 2 heterocycles. The fourth-order valence-corrected chi connectivity index (χ4v) is 4.76. The highest BCUT2D eigenvalue weighted by molar-refractivity contribution is 5.85. The van der Waals surface area contributed by atoms with Crippen molar-refractivity contribution in [3.63, 3.8) is 0 Å². The van der Waals surface area contributed by atoms with Gasteiger partial charge in [-0.3, -0.25) is 4.79 Å². The van der Waals surface area contributed by atoms with E-state index in [0.29, 0.717) is 32.6 Å². The molecule has 1 aromatic rings. The normalized spacial score (nSPS) is 23.0. The van der Waals surface area contributed by atoms with Gasteiger partial charge in [0, 0.05) is 19.1 Å². The highest BCUT2D eigenvalue weighted by atomic mass is 16.6. The van der Waals surface area contributed by atoms with Crippen LogP contribution in [-0.2, 0) is 14.9 Å². The highest BCUT2D eigenvalue weighted by Crippen LogP contribution is 2.44. The number of methoxy groups -OCH3 is 1. The predicted molar refractivity (Wildman–Crippen MR) is 102 cm³/mol. The topological polar surface area (TPSA) is 68.8 Å². The Kier molecular flexibility index (Phi) is 5.28. The molecule has 1 aliphatic carbocycles. The van der Waals surface area contributed by atoms with Crippen LogP contribution in [0.4, 0.5) is 0 Å². The molecule has 6 nitrogen and oxygen atoms in total. The molecular formula is C21H30N2O4. The first-order valence-corrected chi connectivity index (χ1v) is 10.1. The maximum atomic E-state index is 13.0. The molecule has 2 N–H and O–H groups in total. The fraction of sp³-hybridized carbons (Fsp3) is 0.667. The Morgan fingerprint density at radius 2 is 1.81 bits per heavy atom. The fourth-order valence-electron chi connectivity index (χ4n) is 4.76. The molecule has 148 valence electrons. The summed E-state index contributed by atoms with van der Waals surface area (Å²) >= 11 is 0. The van der Waals surface area contributed by atoms with Crippen molar-refractivity contribution >= 4 is 5.91 Å². The maximum Gasteiger partial charge on any atom is 0.252 e. The Labute approximate surface area is 160 Å². The molecule has 6 heteroatoms. The first-order valence-electron chi connectivity index (χ1n) is 10.1. The number of piperidine rings is 1. The van der Waals surface area contributed by atoms with Crippen molar-refractivity contribution in [2.45, 2.75) is 49.5 Å². The summed E-state index contributed by atoms with van der Waals surface area (Å²) in [5.41, 5.74) is 0.506. The lowest BCUT2D eigenvalue weighted by Gasteiger charge is -2.37. The minimum atomic E-state index is -0.697. The molecule has 1 saturated carbocycles. The molecule has 3 aliphatic rings. The second-order valence-electron chi connectivity index (χ2n) is 7.98. The summed E-state index contributed by atoms with van der Waals surface area (Å²) in [6.45, 7) is 3.46. The lowest BCUT2D eigenvalue weighted by molar-refractivity contribution is -0.147. The third-order valence-electron chi connectivity index (χ3n) is 6.52. The van der Waals surface area contributed by atoms with Gasteiger partial charge >= 0.3 is 0 Å². The van der Waals surface area contributed by atoms with E-state index in [0.717, 1.165) is 37.4 Å². The highest BCUT2D eigenvalue weighted by Gasteiger charge is 2.42. The molecular weight excluding hydrogens is 344 g/mol. The van der Waals surface area contributed by atoms with Gasteiger partial charge < -0.3 is 24.8 Å². The first-order chi connectivity index (χ1) is 13.2. The Hall–Kier alpha value is -1.79. The van der Waals surface area contributed by atoms with Gasteiger partial charge in [-0.2, -0.15) is 0 Å². The van der Waals surface area contributed by atoms with E-state index < -0.39 is 5.60 Å². The van der Waals surface area contributed by atoms with Crippen molar-refractivity contribution in [3.8, 4) is 11.5 Å². The Morgan fingerprint density at radius 1 is 1.11 bits per heavy atom. The smallest absolute Gasteiger partial charge is 0.252 e. The van der Waals surface area contributed by atoms with Crippen LogP contribution < -0.4 is 20.1 Å². The second-order valence-corrected chi connectivity index (χ2v) is 7.98. The van der Waals surface area contributed by atoms with Crippen LogP contribution in [0.1, 0.15) is 44.1 Å². The molecule has 0 unspecified atom stereocenters. The van der Waals surface area contributed by atoms with Gasteiger partial charge in [-0.15, -0.1) is 0 Å². The van der Waals surface area contributed by atoms with E-state index >= 15 is 0 Å². The standard InChI is InChI=1S/C21H30N2O4/c1-25-21(8-10-22-11-9-21)19(24)23-15-20(6-2-3-7-20)16-4-5-17-18(14-16)27-13-12-26-17/h4-5,14,22H,2-3,6-13,15H2,1H3,(H,23,24). The predicted octanol–water partition coefficient (Wildman–Crippen LogP) is 2.15. The van der Waals surface area contributed by atoms with Crippen molar-refractivity contribution in [2.75, 3.05) is 40.0 Å². The Bertz CT molecular complexity index is 679. The van der Waals surface area contributed by atoms with Crippen LogP contribution in [0.5, 0.6) is 11.5 Å². The van der Waals surface area contributed by atoms with E-state index in [4.69, 9.17) is 14.2 Å². The zero-order valence-electron chi connectivity index (χ0n) is 16.1. The molecule has 0 bridgehead atoms. The number of carbonyl (C=O) groups excluding carboxylic acids is 1. The summed E-state index contributed by atoms with van der Waals surface area (Å²) in [6, 6.07) is 6.26. The number of ether oxygens (including phenoxy) is 3. The zero-order valence-corrected chi connectivity index (χ0v) is 16.1. The van der Waals surface area contributed by atoms with Gasteiger partial charge in [0.05, 0.1) is 0 Å². The van der Waals surface area contributed by atoms with Crippen LogP contribution in [0, 0.1) is 0 Å². The minimum Gasteiger partial charge on any atom is -0.486 e. The Balaban J connectivity index is 1.52. The average Bonchev–Trinajstić information content (AvgIpc) is 3.22. The van der Waals surface area contributed by atoms with Crippen molar-refractivity contribution in [1.82, 2.24) is 10.6 Å². The lowest BCUT2D eigenvalue weighted by Crippen LogP contribution is -2.55. The molecule has 2 aliphatic heterocycles. The summed E-state index contributed by atoms with van der Waals surface area (Å²) in [7, 11) is 1.65. The van der Waals surface area contributed by atoms with Crippen LogP contribution in [0.25, 0.3) is 0 Å². The van der Waals surface area contributed by atoms with Gasteiger partial charge in [0.1, 0.15) is 18.8 Å². The third-order valence-corrected chi connectivity index (χ3v) is 6.52. The number of nitrogens with one attached hydrogen (secondary N) is 2. The molecule has 27 heavy (non-hydrogen) atoms. The van der Waals surface area contributed by atoms with Gasteiger partial charge in [-0.25, -0.2) is 0 Å². The number of hydrogen-bond acceptors (Lipinski definition) is 5. The van der Waals surface area contributed by atoms with Crippen LogP contribution in [0.15, 0.2) is 18.2 Å². The van der Waals surface area contributed by atoms with E-state index in [2.05, 4.69) is 22.8 Å². The molecule has 4 rings (SSSR count). The number of carbonyl (C=O) groups is 1. The molecule has 0 atom stereocenters. The molecule has 0 radical (unpaired) electrons. The largest absolute Gasteiger partial charge is 0.486 e.